The Balaban J connectivity index is 1.83. The lowest BCUT2D eigenvalue weighted by Gasteiger charge is -2.25. The summed E-state index contributed by atoms with van der Waals surface area (Å²) in [6.45, 7) is 4.32. The van der Waals surface area contributed by atoms with E-state index in [0.29, 0.717) is 25.4 Å². The molecule has 0 aliphatic heterocycles. The SMILES string of the molecule is CCNC(=NCC1(O)CCCC1)N(C)CCOc1ccc(F)cc1. The van der Waals surface area contributed by atoms with Crippen molar-refractivity contribution < 1.29 is 14.2 Å². The molecule has 1 fully saturated rings. The van der Waals surface area contributed by atoms with Gasteiger partial charge in [0.1, 0.15) is 18.2 Å². The maximum atomic E-state index is 12.9. The second kappa shape index (κ2) is 8.87. The summed E-state index contributed by atoms with van der Waals surface area (Å²) in [5.74, 6) is 1.14. The number of nitrogens with zero attached hydrogens (tertiary/aromatic N) is 2. The molecule has 1 aliphatic carbocycles. The number of guanidine groups is 1. The Bertz CT molecular complexity index is 528. The number of halogens is 1. The molecular weight excluding hydrogens is 309 g/mol. The first-order chi connectivity index (χ1) is 11.5. The van der Waals surface area contributed by atoms with Crippen LogP contribution in [-0.2, 0) is 0 Å². The number of hydrogen-bond donors (Lipinski definition) is 2. The van der Waals surface area contributed by atoms with Gasteiger partial charge in [-0.15, -0.1) is 0 Å². The van der Waals surface area contributed by atoms with Crippen molar-refractivity contribution in [1.29, 1.82) is 0 Å². The first kappa shape index (κ1) is 18.5. The maximum Gasteiger partial charge on any atom is 0.193 e. The highest BCUT2D eigenvalue weighted by molar-refractivity contribution is 5.79. The predicted octanol–water partition coefficient (Wildman–Crippen LogP) is 2.41. The fraction of sp³-hybridized carbons (Fsp3) is 0.611. The first-order valence-electron chi connectivity index (χ1n) is 8.62. The zero-order valence-corrected chi connectivity index (χ0v) is 14.6. The minimum Gasteiger partial charge on any atom is -0.492 e. The third kappa shape index (κ3) is 5.67. The van der Waals surface area contributed by atoms with Gasteiger partial charge in [0.2, 0.25) is 0 Å². The average Bonchev–Trinajstić information content (AvgIpc) is 3.00. The molecule has 2 rings (SSSR count). The molecule has 1 saturated carbocycles. The molecule has 0 amide bonds. The highest BCUT2D eigenvalue weighted by atomic mass is 19.1. The van der Waals surface area contributed by atoms with E-state index in [1.54, 1.807) is 12.1 Å². The Hall–Kier alpha value is -1.82. The summed E-state index contributed by atoms with van der Waals surface area (Å²) in [5, 5.41) is 13.7. The zero-order valence-electron chi connectivity index (χ0n) is 14.6. The Labute approximate surface area is 143 Å². The van der Waals surface area contributed by atoms with Crippen LogP contribution in [0.15, 0.2) is 29.3 Å². The molecule has 6 heteroatoms. The molecule has 0 unspecified atom stereocenters. The van der Waals surface area contributed by atoms with E-state index >= 15 is 0 Å². The molecule has 1 aromatic carbocycles. The number of ether oxygens (including phenoxy) is 1. The molecule has 5 nitrogen and oxygen atoms in total. The van der Waals surface area contributed by atoms with Gasteiger partial charge in [0.05, 0.1) is 18.7 Å². The van der Waals surface area contributed by atoms with Crippen LogP contribution in [0.3, 0.4) is 0 Å². The van der Waals surface area contributed by atoms with Crippen molar-refractivity contribution in [1.82, 2.24) is 10.2 Å². The van der Waals surface area contributed by atoms with Gasteiger partial charge < -0.3 is 20.1 Å². The van der Waals surface area contributed by atoms with Gasteiger partial charge in [0.25, 0.3) is 0 Å². The summed E-state index contributed by atoms with van der Waals surface area (Å²) in [7, 11) is 1.94. The highest BCUT2D eigenvalue weighted by Crippen LogP contribution is 2.29. The molecule has 0 spiro atoms. The molecule has 0 radical (unpaired) electrons. The van der Waals surface area contributed by atoms with Gasteiger partial charge >= 0.3 is 0 Å². The minimum absolute atomic E-state index is 0.272. The number of nitrogens with one attached hydrogen (secondary N) is 1. The van der Waals surface area contributed by atoms with Crippen molar-refractivity contribution in [2.75, 3.05) is 33.3 Å². The number of hydrogen-bond acceptors (Lipinski definition) is 3. The maximum absolute atomic E-state index is 12.9. The zero-order chi connectivity index (χ0) is 17.4. The van der Waals surface area contributed by atoms with Crippen LogP contribution in [0, 0.1) is 5.82 Å². The first-order valence-corrected chi connectivity index (χ1v) is 8.62. The largest absolute Gasteiger partial charge is 0.492 e. The van der Waals surface area contributed by atoms with Crippen LogP contribution in [0.5, 0.6) is 5.75 Å². The van der Waals surface area contributed by atoms with Crippen molar-refractivity contribution in [2.24, 2.45) is 4.99 Å². The molecule has 0 aromatic heterocycles. The third-order valence-electron chi connectivity index (χ3n) is 4.26. The van der Waals surface area contributed by atoms with Gasteiger partial charge in [0, 0.05) is 13.6 Å². The van der Waals surface area contributed by atoms with Crippen LogP contribution >= 0.6 is 0 Å². The van der Waals surface area contributed by atoms with E-state index in [0.717, 1.165) is 38.2 Å². The second-order valence-electron chi connectivity index (χ2n) is 6.33. The predicted molar refractivity (Wildman–Crippen MR) is 93.9 cm³/mol. The lowest BCUT2D eigenvalue weighted by molar-refractivity contribution is 0.0572. The van der Waals surface area contributed by atoms with Crippen LogP contribution < -0.4 is 10.1 Å². The van der Waals surface area contributed by atoms with Crippen molar-refractivity contribution in [2.45, 2.75) is 38.2 Å². The molecule has 0 heterocycles. The van der Waals surface area contributed by atoms with Crippen LogP contribution in [0.2, 0.25) is 0 Å². The fourth-order valence-electron chi connectivity index (χ4n) is 2.82. The van der Waals surface area contributed by atoms with E-state index in [1.807, 2.05) is 18.9 Å². The summed E-state index contributed by atoms with van der Waals surface area (Å²) in [5.41, 5.74) is -0.647. The molecular formula is C18H28FN3O2. The molecule has 0 bridgehead atoms. The van der Waals surface area contributed by atoms with Crippen molar-refractivity contribution >= 4 is 5.96 Å². The van der Waals surface area contributed by atoms with Crippen LogP contribution in [0.1, 0.15) is 32.6 Å². The number of aliphatic hydroxyl groups is 1. The van der Waals surface area contributed by atoms with E-state index in [1.165, 1.54) is 12.1 Å². The Kier molecular flexibility index (Phi) is 6.85. The van der Waals surface area contributed by atoms with Crippen LogP contribution in [0.25, 0.3) is 0 Å². The van der Waals surface area contributed by atoms with Gasteiger partial charge in [-0.1, -0.05) is 12.8 Å². The van der Waals surface area contributed by atoms with E-state index in [9.17, 15) is 9.50 Å². The Morgan fingerprint density at radius 2 is 2.00 bits per heavy atom. The molecule has 134 valence electrons. The summed E-state index contributed by atoms with van der Waals surface area (Å²) >= 11 is 0. The van der Waals surface area contributed by atoms with Crippen LogP contribution in [-0.4, -0.2) is 54.9 Å². The summed E-state index contributed by atoms with van der Waals surface area (Å²) in [6, 6.07) is 5.99. The summed E-state index contributed by atoms with van der Waals surface area (Å²) in [6.07, 6.45) is 3.80. The van der Waals surface area contributed by atoms with Crippen molar-refractivity contribution in [3.8, 4) is 5.75 Å². The molecule has 1 aromatic rings. The average molecular weight is 337 g/mol. The van der Waals surface area contributed by atoms with Crippen LogP contribution in [0.4, 0.5) is 4.39 Å². The van der Waals surface area contributed by atoms with Gasteiger partial charge in [-0.2, -0.15) is 0 Å². The lowest BCUT2D eigenvalue weighted by atomic mass is 10.0. The standard InChI is InChI=1S/C18H28FN3O2/c1-3-20-17(21-14-18(23)10-4-5-11-18)22(2)12-13-24-16-8-6-15(19)7-9-16/h6-9,23H,3-5,10-14H2,1-2H3,(H,20,21). The van der Waals surface area contributed by atoms with E-state index in [2.05, 4.69) is 10.3 Å². The van der Waals surface area contributed by atoms with Crippen molar-refractivity contribution in [3.05, 3.63) is 30.1 Å². The fourth-order valence-corrected chi connectivity index (χ4v) is 2.82. The summed E-state index contributed by atoms with van der Waals surface area (Å²) in [4.78, 5) is 6.56. The highest BCUT2D eigenvalue weighted by Gasteiger charge is 2.30. The number of aliphatic imine (C=N–C) groups is 1. The van der Waals surface area contributed by atoms with Gasteiger partial charge in [0.15, 0.2) is 5.96 Å². The van der Waals surface area contributed by atoms with Gasteiger partial charge in [-0.25, -0.2) is 4.39 Å². The topological polar surface area (TPSA) is 57.1 Å². The Morgan fingerprint density at radius 1 is 1.33 bits per heavy atom. The minimum atomic E-state index is -0.647. The van der Waals surface area contributed by atoms with Gasteiger partial charge in [-0.3, -0.25) is 4.99 Å². The quantitative estimate of drug-likeness (QED) is 0.593. The number of likely N-dealkylation sites (N-methyl/N-ethyl adjacent to an activating group) is 1. The molecule has 0 saturated heterocycles. The normalized spacial score (nSPS) is 16.9. The Morgan fingerprint density at radius 3 is 2.62 bits per heavy atom. The number of benzene rings is 1. The smallest absolute Gasteiger partial charge is 0.193 e. The van der Waals surface area contributed by atoms with E-state index in [-0.39, 0.29) is 5.82 Å². The summed E-state index contributed by atoms with van der Waals surface area (Å²) < 4.78 is 18.5. The molecule has 24 heavy (non-hydrogen) atoms. The monoisotopic (exact) mass is 337 g/mol. The molecule has 0 atom stereocenters. The van der Waals surface area contributed by atoms with E-state index < -0.39 is 5.60 Å². The number of rotatable bonds is 7. The van der Waals surface area contributed by atoms with Crippen molar-refractivity contribution in [3.63, 3.8) is 0 Å². The second-order valence-corrected chi connectivity index (χ2v) is 6.33. The third-order valence-corrected chi connectivity index (χ3v) is 4.26. The van der Waals surface area contributed by atoms with Gasteiger partial charge in [-0.05, 0) is 44.0 Å². The van der Waals surface area contributed by atoms with E-state index in [4.69, 9.17) is 4.74 Å². The molecule has 2 N–H and O–H groups in total. The lowest BCUT2D eigenvalue weighted by Crippen LogP contribution is -2.42. The molecule has 1 aliphatic rings.